The van der Waals surface area contributed by atoms with Crippen molar-refractivity contribution in [3.05, 3.63) is 29.3 Å². The fourth-order valence-electron chi connectivity index (χ4n) is 2.92. The van der Waals surface area contributed by atoms with Crippen molar-refractivity contribution in [2.45, 2.75) is 53.0 Å². The summed E-state index contributed by atoms with van der Waals surface area (Å²) >= 11 is 0. The Morgan fingerprint density at radius 1 is 1.28 bits per heavy atom. The van der Waals surface area contributed by atoms with Crippen LogP contribution >= 0.6 is 0 Å². The van der Waals surface area contributed by atoms with Gasteiger partial charge in [-0.15, -0.1) is 0 Å². The van der Waals surface area contributed by atoms with Gasteiger partial charge in [-0.1, -0.05) is 31.5 Å². The molecule has 1 saturated heterocycles. The molecule has 2 N–H and O–H groups in total. The normalized spacial score (nSPS) is 20.2. The predicted octanol–water partition coefficient (Wildman–Crippen LogP) is 2.99. The maximum absolute atomic E-state index is 12.6. The van der Waals surface area contributed by atoms with Crippen LogP contribution in [0.5, 0.6) is 0 Å². The molecular formula is C19H27N3O3. The number of nitrogens with zero attached hydrogens (tertiary/aromatic N) is 1. The van der Waals surface area contributed by atoms with Crippen molar-refractivity contribution < 1.29 is 14.4 Å². The molecule has 4 amide bonds. The summed E-state index contributed by atoms with van der Waals surface area (Å²) in [6.07, 6.45) is 1.38. The van der Waals surface area contributed by atoms with Crippen LogP contribution in [-0.4, -0.2) is 34.8 Å². The van der Waals surface area contributed by atoms with Crippen molar-refractivity contribution >= 4 is 23.5 Å². The zero-order chi connectivity index (χ0) is 18.8. The molecule has 2 rings (SSSR count). The summed E-state index contributed by atoms with van der Waals surface area (Å²) in [5, 5.41) is 5.50. The van der Waals surface area contributed by atoms with E-state index in [0.717, 1.165) is 22.4 Å². The van der Waals surface area contributed by atoms with Crippen molar-refractivity contribution in [1.82, 2.24) is 10.2 Å². The minimum Gasteiger partial charge on any atom is -0.324 e. The van der Waals surface area contributed by atoms with Gasteiger partial charge in [-0.05, 0) is 51.2 Å². The number of benzene rings is 1. The van der Waals surface area contributed by atoms with E-state index in [2.05, 4.69) is 24.5 Å². The first-order valence-corrected chi connectivity index (χ1v) is 8.63. The Morgan fingerprint density at radius 3 is 2.56 bits per heavy atom. The molecule has 0 bridgehead atoms. The van der Waals surface area contributed by atoms with Crippen LogP contribution in [0.2, 0.25) is 0 Å². The average molecular weight is 345 g/mol. The maximum atomic E-state index is 12.6. The quantitative estimate of drug-likeness (QED) is 0.778. The summed E-state index contributed by atoms with van der Waals surface area (Å²) in [5.41, 5.74) is 1.80. The van der Waals surface area contributed by atoms with E-state index in [1.54, 1.807) is 6.92 Å². The Hall–Kier alpha value is -2.37. The lowest BCUT2D eigenvalue weighted by atomic mass is 9.92. The first-order valence-electron chi connectivity index (χ1n) is 8.63. The van der Waals surface area contributed by atoms with E-state index in [-0.39, 0.29) is 18.4 Å². The van der Waals surface area contributed by atoms with Crippen LogP contribution in [-0.2, 0) is 9.59 Å². The van der Waals surface area contributed by atoms with Gasteiger partial charge >= 0.3 is 6.03 Å². The monoisotopic (exact) mass is 345 g/mol. The number of nitrogens with one attached hydrogen (secondary N) is 2. The molecule has 1 aliphatic rings. The van der Waals surface area contributed by atoms with Gasteiger partial charge in [-0.2, -0.15) is 0 Å². The molecular weight excluding hydrogens is 318 g/mol. The van der Waals surface area contributed by atoms with Gasteiger partial charge in [0, 0.05) is 5.69 Å². The Kier molecular flexibility index (Phi) is 5.50. The zero-order valence-electron chi connectivity index (χ0n) is 15.6. The minimum absolute atomic E-state index is 0.282. The molecule has 1 fully saturated rings. The van der Waals surface area contributed by atoms with E-state index in [1.807, 2.05) is 32.0 Å². The van der Waals surface area contributed by atoms with Gasteiger partial charge in [-0.25, -0.2) is 4.79 Å². The number of aryl methyl sites for hydroxylation is 2. The van der Waals surface area contributed by atoms with Crippen molar-refractivity contribution in [1.29, 1.82) is 0 Å². The summed E-state index contributed by atoms with van der Waals surface area (Å²) in [6.45, 7) is 9.45. The van der Waals surface area contributed by atoms with Crippen LogP contribution in [0.25, 0.3) is 0 Å². The third kappa shape index (κ3) is 4.38. The molecule has 1 heterocycles. The van der Waals surface area contributed by atoms with Gasteiger partial charge in [0.25, 0.3) is 5.91 Å². The van der Waals surface area contributed by atoms with Gasteiger partial charge < -0.3 is 10.6 Å². The predicted molar refractivity (Wildman–Crippen MR) is 97.3 cm³/mol. The first kappa shape index (κ1) is 19.0. The molecule has 0 radical (unpaired) electrons. The number of carbonyl (C=O) groups is 3. The molecule has 6 nitrogen and oxygen atoms in total. The molecule has 0 aromatic heterocycles. The van der Waals surface area contributed by atoms with E-state index in [4.69, 9.17) is 0 Å². The average Bonchev–Trinajstić information content (AvgIpc) is 2.72. The second-order valence-corrected chi connectivity index (χ2v) is 7.45. The Morgan fingerprint density at radius 2 is 1.96 bits per heavy atom. The SMILES string of the molecule is Cc1ccc(NC(=O)CN2C(=O)N[C@@](C)(CCC(C)C)C2=O)c(C)c1. The summed E-state index contributed by atoms with van der Waals surface area (Å²) in [6, 6.07) is 5.18. The molecule has 0 spiro atoms. The number of hydrogen-bond donors (Lipinski definition) is 2. The largest absolute Gasteiger partial charge is 0.325 e. The molecule has 0 aliphatic carbocycles. The highest BCUT2D eigenvalue weighted by Crippen LogP contribution is 2.25. The van der Waals surface area contributed by atoms with Crippen LogP contribution in [0.15, 0.2) is 18.2 Å². The fraction of sp³-hybridized carbons (Fsp3) is 0.526. The van der Waals surface area contributed by atoms with Gasteiger partial charge in [-0.3, -0.25) is 14.5 Å². The number of carbonyl (C=O) groups excluding carboxylic acids is 3. The smallest absolute Gasteiger partial charge is 0.324 e. The molecule has 6 heteroatoms. The van der Waals surface area contributed by atoms with Crippen LogP contribution in [0.3, 0.4) is 0 Å². The first-order chi connectivity index (χ1) is 11.6. The van der Waals surface area contributed by atoms with Gasteiger partial charge in [0.1, 0.15) is 12.1 Å². The van der Waals surface area contributed by atoms with Gasteiger partial charge in [0.2, 0.25) is 5.91 Å². The highest BCUT2D eigenvalue weighted by Gasteiger charge is 2.47. The third-order valence-corrected chi connectivity index (χ3v) is 4.52. The van der Waals surface area contributed by atoms with Crippen LogP contribution in [0, 0.1) is 19.8 Å². The van der Waals surface area contributed by atoms with Crippen molar-refractivity contribution in [3.8, 4) is 0 Å². The van der Waals surface area contributed by atoms with Crippen molar-refractivity contribution in [2.75, 3.05) is 11.9 Å². The lowest BCUT2D eigenvalue weighted by Gasteiger charge is -2.22. The third-order valence-electron chi connectivity index (χ3n) is 4.52. The van der Waals surface area contributed by atoms with E-state index in [0.29, 0.717) is 18.0 Å². The molecule has 1 aromatic rings. The number of anilines is 1. The van der Waals surface area contributed by atoms with Crippen molar-refractivity contribution in [2.24, 2.45) is 5.92 Å². The number of imide groups is 1. The lowest BCUT2D eigenvalue weighted by Crippen LogP contribution is -2.44. The fourth-order valence-corrected chi connectivity index (χ4v) is 2.92. The van der Waals surface area contributed by atoms with E-state index >= 15 is 0 Å². The zero-order valence-corrected chi connectivity index (χ0v) is 15.6. The highest BCUT2D eigenvalue weighted by molar-refractivity contribution is 6.09. The second-order valence-electron chi connectivity index (χ2n) is 7.45. The standard InChI is InChI=1S/C19H27N3O3/c1-12(2)8-9-19(5)17(24)22(18(25)21-19)11-16(23)20-15-7-6-13(3)10-14(15)4/h6-7,10,12H,8-9,11H2,1-5H3,(H,20,23)(H,21,25)/t19-/m0/s1. The maximum Gasteiger partial charge on any atom is 0.325 e. The van der Waals surface area contributed by atoms with Crippen LogP contribution < -0.4 is 10.6 Å². The topological polar surface area (TPSA) is 78.5 Å². The Bertz CT molecular complexity index is 699. The van der Waals surface area contributed by atoms with Crippen LogP contribution in [0.1, 0.15) is 44.7 Å². The number of amides is 4. The molecule has 25 heavy (non-hydrogen) atoms. The molecule has 0 unspecified atom stereocenters. The highest BCUT2D eigenvalue weighted by atomic mass is 16.2. The molecule has 1 atom stereocenters. The van der Waals surface area contributed by atoms with E-state index in [9.17, 15) is 14.4 Å². The van der Waals surface area contributed by atoms with Gasteiger partial charge in [0.15, 0.2) is 0 Å². The Balaban J connectivity index is 2.03. The summed E-state index contributed by atoms with van der Waals surface area (Å²) in [7, 11) is 0. The number of hydrogen-bond acceptors (Lipinski definition) is 3. The Labute approximate surface area is 149 Å². The van der Waals surface area contributed by atoms with Crippen LogP contribution in [0.4, 0.5) is 10.5 Å². The molecule has 1 aliphatic heterocycles. The summed E-state index contributed by atoms with van der Waals surface area (Å²) < 4.78 is 0. The second kappa shape index (κ2) is 7.25. The van der Waals surface area contributed by atoms with Gasteiger partial charge in [0.05, 0.1) is 0 Å². The molecule has 136 valence electrons. The number of rotatable bonds is 6. The van der Waals surface area contributed by atoms with E-state index < -0.39 is 11.6 Å². The molecule has 0 saturated carbocycles. The summed E-state index contributed by atoms with van der Waals surface area (Å²) in [4.78, 5) is 38.1. The number of urea groups is 1. The molecule has 1 aromatic carbocycles. The minimum atomic E-state index is -0.929. The van der Waals surface area contributed by atoms with E-state index in [1.165, 1.54) is 0 Å². The lowest BCUT2D eigenvalue weighted by molar-refractivity contribution is -0.133. The summed E-state index contributed by atoms with van der Waals surface area (Å²) in [5.74, 6) is -0.291. The van der Waals surface area contributed by atoms with Crippen molar-refractivity contribution in [3.63, 3.8) is 0 Å².